The first-order valence-electron chi connectivity index (χ1n) is 6.44. The lowest BCUT2D eigenvalue weighted by Crippen LogP contribution is -2.40. The maximum Gasteiger partial charge on any atom is 0.266 e. The third-order valence-corrected chi connectivity index (χ3v) is 4.87. The van der Waals surface area contributed by atoms with Crippen LogP contribution in [0, 0.1) is 13.8 Å². The zero-order valence-electron chi connectivity index (χ0n) is 10.9. The van der Waals surface area contributed by atoms with E-state index in [2.05, 4.69) is 20.9 Å². The highest BCUT2D eigenvalue weighted by molar-refractivity contribution is 9.09. The average Bonchev–Trinajstić information content (AvgIpc) is 2.95. The van der Waals surface area contributed by atoms with E-state index in [1.165, 1.54) is 24.2 Å². The SMILES string of the molecule is Cc1nc(C)c(C(=O)N(CCBr)C2CCCC2)s1. The molecule has 0 aliphatic heterocycles. The van der Waals surface area contributed by atoms with Gasteiger partial charge < -0.3 is 4.90 Å². The molecule has 0 N–H and O–H groups in total. The fraction of sp³-hybridized carbons (Fsp3) is 0.692. The van der Waals surface area contributed by atoms with Crippen LogP contribution < -0.4 is 0 Å². The molecule has 0 radical (unpaired) electrons. The summed E-state index contributed by atoms with van der Waals surface area (Å²) in [4.78, 5) is 19.9. The van der Waals surface area contributed by atoms with Crippen LogP contribution in [0.25, 0.3) is 0 Å². The highest BCUT2D eigenvalue weighted by Crippen LogP contribution is 2.27. The quantitative estimate of drug-likeness (QED) is 0.791. The van der Waals surface area contributed by atoms with Crippen molar-refractivity contribution in [1.29, 1.82) is 0 Å². The molecule has 0 saturated heterocycles. The van der Waals surface area contributed by atoms with Crippen molar-refractivity contribution in [1.82, 2.24) is 9.88 Å². The number of hydrogen-bond acceptors (Lipinski definition) is 3. The van der Waals surface area contributed by atoms with Crippen LogP contribution >= 0.6 is 27.3 Å². The van der Waals surface area contributed by atoms with Crippen LogP contribution in [0.5, 0.6) is 0 Å². The van der Waals surface area contributed by atoms with Crippen molar-refractivity contribution in [3.8, 4) is 0 Å². The van der Waals surface area contributed by atoms with Crippen LogP contribution in [0.15, 0.2) is 0 Å². The maximum absolute atomic E-state index is 12.6. The van der Waals surface area contributed by atoms with E-state index in [9.17, 15) is 4.79 Å². The van der Waals surface area contributed by atoms with Crippen molar-refractivity contribution in [2.75, 3.05) is 11.9 Å². The van der Waals surface area contributed by atoms with Gasteiger partial charge in [0.15, 0.2) is 0 Å². The molecular weight excluding hydrogens is 312 g/mol. The first kappa shape index (κ1) is 14.0. The Kier molecular flexibility index (Phi) is 4.78. The molecule has 1 aromatic rings. The summed E-state index contributed by atoms with van der Waals surface area (Å²) < 4.78 is 0. The lowest BCUT2D eigenvalue weighted by molar-refractivity contribution is 0.0700. The van der Waals surface area contributed by atoms with Gasteiger partial charge in [-0.25, -0.2) is 4.98 Å². The van der Waals surface area contributed by atoms with E-state index >= 15 is 0 Å². The van der Waals surface area contributed by atoms with Gasteiger partial charge >= 0.3 is 0 Å². The molecule has 5 heteroatoms. The number of alkyl halides is 1. The molecule has 1 heterocycles. The molecule has 1 fully saturated rings. The minimum Gasteiger partial charge on any atom is -0.334 e. The van der Waals surface area contributed by atoms with Crippen molar-refractivity contribution in [3.63, 3.8) is 0 Å². The Morgan fingerprint density at radius 3 is 2.61 bits per heavy atom. The van der Waals surface area contributed by atoms with Crippen LogP contribution in [0.4, 0.5) is 0 Å². The number of carbonyl (C=O) groups excluding carboxylic acids is 1. The van der Waals surface area contributed by atoms with E-state index in [1.54, 1.807) is 0 Å². The Bertz CT molecular complexity index is 427. The monoisotopic (exact) mass is 330 g/mol. The Morgan fingerprint density at radius 1 is 1.44 bits per heavy atom. The number of amides is 1. The molecule has 1 aromatic heterocycles. The van der Waals surface area contributed by atoms with Crippen LogP contribution in [0.1, 0.15) is 46.1 Å². The van der Waals surface area contributed by atoms with Gasteiger partial charge in [0.25, 0.3) is 5.91 Å². The van der Waals surface area contributed by atoms with E-state index in [4.69, 9.17) is 0 Å². The lowest BCUT2D eigenvalue weighted by atomic mass is 10.2. The molecule has 2 rings (SSSR count). The molecule has 0 aromatic carbocycles. The summed E-state index contributed by atoms with van der Waals surface area (Å²) in [5, 5.41) is 1.81. The largest absolute Gasteiger partial charge is 0.334 e. The minimum absolute atomic E-state index is 0.171. The molecule has 0 bridgehead atoms. The summed E-state index contributed by atoms with van der Waals surface area (Å²) in [6, 6.07) is 0.428. The van der Waals surface area contributed by atoms with Crippen LogP contribution in [-0.2, 0) is 0 Å². The first-order valence-corrected chi connectivity index (χ1v) is 8.38. The molecule has 18 heavy (non-hydrogen) atoms. The zero-order valence-corrected chi connectivity index (χ0v) is 13.3. The molecule has 100 valence electrons. The van der Waals surface area contributed by atoms with Gasteiger partial charge in [0.2, 0.25) is 0 Å². The van der Waals surface area contributed by atoms with Gasteiger partial charge in [-0.15, -0.1) is 11.3 Å². The van der Waals surface area contributed by atoms with Gasteiger partial charge in [-0.2, -0.15) is 0 Å². The summed E-state index contributed by atoms with van der Waals surface area (Å²) in [6.45, 7) is 4.68. The smallest absolute Gasteiger partial charge is 0.266 e. The third-order valence-electron chi connectivity index (χ3n) is 3.45. The number of halogens is 1. The van der Waals surface area contributed by atoms with Crippen molar-refractivity contribution in [3.05, 3.63) is 15.6 Å². The molecule has 0 spiro atoms. The Labute approximate surface area is 121 Å². The van der Waals surface area contributed by atoms with Crippen LogP contribution in [0.3, 0.4) is 0 Å². The third kappa shape index (κ3) is 2.94. The molecular formula is C13H19BrN2OS. The Balaban J connectivity index is 2.19. The van der Waals surface area contributed by atoms with Crippen LogP contribution in [-0.4, -0.2) is 33.7 Å². The van der Waals surface area contributed by atoms with Crippen molar-refractivity contribution >= 4 is 33.2 Å². The standard InChI is InChI=1S/C13H19BrN2OS/c1-9-12(18-10(2)15-9)13(17)16(8-7-14)11-5-3-4-6-11/h11H,3-8H2,1-2H3. The predicted molar refractivity (Wildman–Crippen MR) is 78.7 cm³/mol. The number of nitrogens with zero attached hydrogens (tertiary/aromatic N) is 2. The fourth-order valence-corrected chi connectivity index (χ4v) is 3.88. The van der Waals surface area contributed by atoms with Gasteiger partial charge in [0, 0.05) is 17.9 Å². The van der Waals surface area contributed by atoms with Crippen molar-refractivity contribution in [2.24, 2.45) is 0 Å². The Morgan fingerprint density at radius 2 is 2.11 bits per heavy atom. The fourth-order valence-electron chi connectivity index (χ4n) is 2.62. The van der Waals surface area contributed by atoms with E-state index in [-0.39, 0.29) is 5.91 Å². The molecule has 0 atom stereocenters. The number of thiazole rings is 1. The summed E-state index contributed by atoms with van der Waals surface area (Å²) in [5.74, 6) is 0.171. The lowest BCUT2D eigenvalue weighted by Gasteiger charge is -2.28. The molecule has 1 saturated carbocycles. The molecule has 1 amide bonds. The number of hydrogen-bond donors (Lipinski definition) is 0. The van der Waals surface area contributed by atoms with E-state index in [0.717, 1.165) is 40.3 Å². The predicted octanol–water partition coefficient (Wildman–Crippen LogP) is 3.54. The normalized spacial score (nSPS) is 16.2. The highest BCUT2D eigenvalue weighted by atomic mass is 79.9. The van der Waals surface area contributed by atoms with Crippen LogP contribution in [0.2, 0.25) is 0 Å². The molecule has 1 aliphatic rings. The van der Waals surface area contributed by atoms with Gasteiger partial charge in [0.05, 0.1) is 10.7 Å². The van der Waals surface area contributed by atoms with Gasteiger partial charge in [-0.3, -0.25) is 4.79 Å². The number of carbonyl (C=O) groups is 1. The highest BCUT2D eigenvalue weighted by Gasteiger charge is 2.28. The summed E-state index contributed by atoms with van der Waals surface area (Å²) in [7, 11) is 0. The van der Waals surface area contributed by atoms with Gasteiger partial charge in [-0.1, -0.05) is 28.8 Å². The second kappa shape index (κ2) is 6.15. The van der Waals surface area contributed by atoms with Crippen molar-refractivity contribution in [2.45, 2.75) is 45.6 Å². The number of aryl methyl sites for hydroxylation is 2. The second-order valence-corrected chi connectivity index (χ2v) is 6.77. The second-order valence-electron chi connectivity index (χ2n) is 4.77. The molecule has 0 unspecified atom stereocenters. The average molecular weight is 331 g/mol. The van der Waals surface area contributed by atoms with E-state index in [0.29, 0.717) is 6.04 Å². The topological polar surface area (TPSA) is 33.2 Å². The number of aromatic nitrogens is 1. The summed E-state index contributed by atoms with van der Waals surface area (Å²) >= 11 is 4.97. The maximum atomic E-state index is 12.6. The van der Waals surface area contributed by atoms with E-state index < -0.39 is 0 Å². The molecule has 1 aliphatic carbocycles. The van der Waals surface area contributed by atoms with Gasteiger partial charge in [-0.05, 0) is 26.7 Å². The first-order chi connectivity index (χ1) is 8.63. The van der Waals surface area contributed by atoms with E-state index in [1.807, 2.05) is 18.7 Å². The number of rotatable bonds is 4. The summed E-state index contributed by atoms with van der Waals surface area (Å²) in [6.07, 6.45) is 4.79. The van der Waals surface area contributed by atoms with Gasteiger partial charge in [0.1, 0.15) is 4.88 Å². The minimum atomic E-state index is 0.171. The molecule has 3 nitrogen and oxygen atoms in total. The van der Waals surface area contributed by atoms with Crippen molar-refractivity contribution < 1.29 is 4.79 Å². The summed E-state index contributed by atoms with van der Waals surface area (Å²) in [5.41, 5.74) is 0.875. The zero-order chi connectivity index (χ0) is 13.1. The Hall–Kier alpha value is -0.420.